The SMILES string of the molecule is CNc1ccnc(C(F)(F)F)n1. The maximum absolute atomic E-state index is 12.0. The van der Waals surface area contributed by atoms with Crippen molar-refractivity contribution >= 4 is 5.82 Å². The molecule has 0 bridgehead atoms. The van der Waals surface area contributed by atoms with Crippen molar-refractivity contribution in [2.24, 2.45) is 0 Å². The molecule has 0 radical (unpaired) electrons. The number of nitrogens with one attached hydrogen (secondary N) is 1. The molecule has 0 spiro atoms. The summed E-state index contributed by atoms with van der Waals surface area (Å²) in [4.78, 5) is 6.30. The number of hydrogen-bond acceptors (Lipinski definition) is 3. The van der Waals surface area contributed by atoms with Crippen LogP contribution in [-0.4, -0.2) is 17.0 Å². The van der Waals surface area contributed by atoms with Gasteiger partial charge in [0.15, 0.2) is 0 Å². The quantitative estimate of drug-likeness (QED) is 0.706. The monoisotopic (exact) mass is 177 g/mol. The lowest BCUT2D eigenvalue weighted by molar-refractivity contribution is -0.144. The van der Waals surface area contributed by atoms with Crippen LogP contribution < -0.4 is 5.32 Å². The standard InChI is InChI=1S/C6H6F3N3/c1-10-4-2-3-11-5(12-4)6(7,8)9/h2-3H,1H3,(H,10,11,12). The summed E-state index contributed by atoms with van der Waals surface area (Å²) < 4.78 is 35.9. The first-order valence-corrected chi connectivity index (χ1v) is 3.12. The van der Waals surface area contributed by atoms with Crippen molar-refractivity contribution < 1.29 is 13.2 Å². The summed E-state index contributed by atoms with van der Waals surface area (Å²) in [5, 5.41) is 2.49. The van der Waals surface area contributed by atoms with Gasteiger partial charge in [0.05, 0.1) is 0 Å². The van der Waals surface area contributed by atoms with Gasteiger partial charge in [-0.15, -0.1) is 0 Å². The lowest BCUT2D eigenvalue weighted by Crippen LogP contribution is -2.11. The molecule has 0 aromatic carbocycles. The van der Waals surface area contributed by atoms with Crippen molar-refractivity contribution in [2.45, 2.75) is 6.18 Å². The number of rotatable bonds is 1. The van der Waals surface area contributed by atoms with Crippen molar-refractivity contribution in [3.8, 4) is 0 Å². The number of alkyl halides is 3. The highest BCUT2D eigenvalue weighted by molar-refractivity contribution is 5.31. The fourth-order valence-electron chi connectivity index (χ4n) is 0.635. The number of halogens is 3. The molecule has 1 aromatic rings. The van der Waals surface area contributed by atoms with Gasteiger partial charge < -0.3 is 5.32 Å². The van der Waals surface area contributed by atoms with Crippen LogP contribution in [0.1, 0.15) is 5.82 Å². The van der Waals surface area contributed by atoms with Crippen LogP contribution in [0.3, 0.4) is 0 Å². The second kappa shape index (κ2) is 2.96. The molecule has 0 atom stereocenters. The summed E-state index contributed by atoms with van der Waals surface area (Å²) in [5.41, 5.74) is 0. The second-order valence-corrected chi connectivity index (χ2v) is 2.01. The van der Waals surface area contributed by atoms with E-state index in [4.69, 9.17) is 0 Å². The molecule has 66 valence electrons. The van der Waals surface area contributed by atoms with Crippen LogP contribution in [-0.2, 0) is 6.18 Å². The predicted octanol–water partition coefficient (Wildman–Crippen LogP) is 1.54. The van der Waals surface area contributed by atoms with Gasteiger partial charge in [0, 0.05) is 13.2 Å². The Labute approximate surface area is 66.6 Å². The number of nitrogens with zero attached hydrogens (tertiary/aromatic N) is 2. The van der Waals surface area contributed by atoms with Gasteiger partial charge in [0.2, 0.25) is 5.82 Å². The molecule has 6 heteroatoms. The van der Waals surface area contributed by atoms with Gasteiger partial charge in [-0.05, 0) is 6.07 Å². The van der Waals surface area contributed by atoms with Crippen LogP contribution in [0.25, 0.3) is 0 Å². The molecule has 0 saturated heterocycles. The average molecular weight is 177 g/mol. The Bertz CT molecular complexity index is 271. The number of anilines is 1. The van der Waals surface area contributed by atoms with Crippen LogP contribution >= 0.6 is 0 Å². The van der Waals surface area contributed by atoms with Gasteiger partial charge in [0.1, 0.15) is 5.82 Å². The molecule has 12 heavy (non-hydrogen) atoms. The molecule has 1 rings (SSSR count). The van der Waals surface area contributed by atoms with Crippen molar-refractivity contribution in [1.82, 2.24) is 9.97 Å². The van der Waals surface area contributed by atoms with E-state index in [9.17, 15) is 13.2 Å². The third-order valence-corrected chi connectivity index (χ3v) is 1.17. The minimum absolute atomic E-state index is 0.150. The van der Waals surface area contributed by atoms with Crippen molar-refractivity contribution in [3.63, 3.8) is 0 Å². The fraction of sp³-hybridized carbons (Fsp3) is 0.333. The topological polar surface area (TPSA) is 37.8 Å². The zero-order chi connectivity index (χ0) is 9.19. The van der Waals surface area contributed by atoms with Gasteiger partial charge in [-0.3, -0.25) is 0 Å². The Morgan fingerprint density at radius 1 is 1.42 bits per heavy atom. The van der Waals surface area contributed by atoms with E-state index in [0.29, 0.717) is 0 Å². The number of hydrogen-bond donors (Lipinski definition) is 1. The Morgan fingerprint density at radius 2 is 2.08 bits per heavy atom. The van der Waals surface area contributed by atoms with Crippen LogP contribution in [0.15, 0.2) is 12.3 Å². The molecular formula is C6H6F3N3. The first-order chi connectivity index (χ1) is 5.54. The van der Waals surface area contributed by atoms with E-state index >= 15 is 0 Å². The van der Waals surface area contributed by atoms with Gasteiger partial charge in [-0.1, -0.05) is 0 Å². The summed E-state index contributed by atoms with van der Waals surface area (Å²) in [7, 11) is 1.49. The normalized spacial score (nSPS) is 11.3. The van der Waals surface area contributed by atoms with E-state index in [1.165, 1.54) is 13.1 Å². The largest absolute Gasteiger partial charge is 0.451 e. The second-order valence-electron chi connectivity index (χ2n) is 2.01. The van der Waals surface area contributed by atoms with Crippen LogP contribution in [0, 0.1) is 0 Å². The summed E-state index contributed by atoms with van der Waals surface area (Å²) in [6.45, 7) is 0. The zero-order valence-electron chi connectivity index (χ0n) is 6.18. The minimum atomic E-state index is -4.48. The summed E-state index contributed by atoms with van der Waals surface area (Å²) in [6.07, 6.45) is -3.42. The lowest BCUT2D eigenvalue weighted by atomic mass is 10.5. The Kier molecular flexibility index (Phi) is 2.16. The van der Waals surface area contributed by atoms with E-state index in [1.54, 1.807) is 0 Å². The summed E-state index contributed by atoms with van der Waals surface area (Å²) in [6, 6.07) is 1.36. The number of aromatic nitrogens is 2. The Balaban J connectivity index is 3.02. The molecular weight excluding hydrogens is 171 g/mol. The molecule has 0 amide bonds. The molecule has 1 aromatic heterocycles. The lowest BCUT2D eigenvalue weighted by Gasteiger charge is -2.05. The molecule has 0 fully saturated rings. The maximum atomic E-state index is 12.0. The zero-order valence-corrected chi connectivity index (χ0v) is 6.18. The molecule has 1 N–H and O–H groups in total. The van der Waals surface area contributed by atoms with Crippen LogP contribution in [0.4, 0.5) is 19.0 Å². The smallest absolute Gasteiger partial charge is 0.373 e. The average Bonchev–Trinajstić information content (AvgIpc) is 2.03. The molecule has 0 aliphatic rings. The molecule has 0 aliphatic heterocycles. The van der Waals surface area contributed by atoms with E-state index < -0.39 is 12.0 Å². The fourth-order valence-corrected chi connectivity index (χ4v) is 0.635. The highest BCUT2D eigenvalue weighted by Crippen LogP contribution is 2.26. The van der Waals surface area contributed by atoms with Crippen LogP contribution in [0.5, 0.6) is 0 Å². The van der Waals surface area contributed by atoms with E-state index in [2.05, 4.69) is 15.3 Å². The highest BCUT2D eigenvalue weighted by Gasteiger charge is 2.34. The van der Waals surface area contributed by atoms with E-state index in [0.717, 1.165) is 6.20 Å². The van der Waals surface area contributed by atoms with Crippen LogP contribution in [0.2, 0.25) is 0 Å². The van der Waals surface area contributed by atoms with E-state index in [1.807, 2.05) is 0 Å². The molecule has 0 saturated carbocycles. The third-order valence-electron chi connectivity index (χ3n) is 1.17. The first kappa shape index (κ1) is 8.76. The molecule has 0 unspecified atom stereocenters. The van der Waals surface area contributed by atoms with Gasteiger partial charge in [0.25, 0.3) is 0 Å². The van der Waals surface area contributed by atoms with Crippen molar-refractivity contribution in [3.05, 3.63) is 18.1 Å². The third kappa shape index (κ3) is 1.84. The van der Waals surface area contributed by atoms with Gasteiger partial charge >= 0.3 is 6.18 Å². The predicted molar refractivity (Wildman–Crippen MR) is 36.6 cm³/mol. The highest BCUT2D eigenvalue weighted by atomic mass is 19.4. The van der Waals surface area contributed by atoms with Gasteiger partial charge in [-0.2, -0.15) is 13.2 Å². The van der Waals surface area contributed by atoms with E-state index in [-0.39, 0.29) is 5.82 Å². The summed E-state index contributed by atoms with van der Waals surface area (Å²) >= 11 is 0. The van der Waals surface area contributed by atoms with Gasteiger partial charge in [-0.25, -0.2) is 9.97 Å². The molecule has 1 heterocycles. The maximum Gasteiger partial charge on any atom is 0.451 e. The molecule has 0 aliphatic carbocycles. The molecule has 3 nitrogen and oxygen atoms in total. The minimum Gasteiger partial charge on any atom is -0.373 e. The summed E-state index contributed by atoms with van der Waals surface area (Å²) in [5.74, 6) is -0.980. The Hall–Kier alpha value is -1.33. The van der Waals surface area contributed by atoms with Crippen molar-refractivity contribution in [2.75, 3.05) is 12.4 Å². The first-order valence-electron chi connectivity index (χ1n) is 3.12. The Morgan fingerprint density at radius 3 is 2.58 bits per heavy atom. The van der Waals surface area contributed by atoms with Crippen molar-refractivity contribution in [1.29, 1.82) is 0 Å².